The molecule has 0 aliphatic heterocycles. The Hall–Kier alpha value is -2.57. The lowest BCUT2D eigenvalue weighted by Gasteiger charge is -2.08. The van der Waals surface area contributed by atoms with Gasteiger partial charge in [0.25, 0.3) is 5.91 Å². The minimum Gasteiger partial charge on any atom is -0.492 e. The van der Waals surface area contributed by atoms with Gasteiger partial charge < -0.3 is 4.74 Å². The number of hydrazine groups is 1. The topological polar surface area (TPSA) is 67.4 Å². The quantitative estimate of drug-likeness (QED) is 0.409. The Bertz CT molecular complexity index is 843. The summed E-state index contributed by atoms with van der Waals surface area (Å²) in [5.74, 6) is -0.810. The van der Waals surface area contributed by atoms with Gasteiger partial charge in [-0.2, -0.15) is 0 Å². The molecule has 0 heterocycles. The molecule has 142 valence electrons. The van der Waals surface area contributed by atoms with Gasteiger partial charge in [0.1, 0.15) is 11.6 Å². The van der Waals surface area contributed by atoms with Crippen LogP contribution in [0.15, 0.2) is 48.5 Å². The molecule has 5 nitrogen and oxygen atoms in total. The standard InChI is InChI=1S/C19H17Cl2FN2O3/c20-14-7-8-17(16(21)12-14)27-10-2-5-18(25)23-24-19(26)9-6-13-3-1-4-15(22)11-13/h1,3-4,6-9,11-12H,2,5,10H2,(H,23,25)(H,24,26)/b9-6+. The minimum absolute atomic E-state index is 0.152. The van der Waals surface area contributed by atoms with Gasteiger partial charge >= 0.3 is 0 Å². The third-order valence-corrected chi connectivity index (χ3v) is 3.83. The highest BCUT2D eigenvalue weighted by molar-refractivity contribution is 6.35. The second kappa shape index (κ2) is 10.5. The van der Waals surface area contributed by atoms with Gasteiger partial charge in [0.2, 0.25) is 5.91 Å². The zero-order valence-corrected chi connectivity index (χ0v) is 15.7. The smallest absolute Gasteiger partial charge is 0.262 e. The second-order valence-corrected chi connectivity index (χ2v) is 6.30. The van der Waals surface area contributed by atoms with Crippen LogP contribution in [0.3, 0.4) is 0 Å². The summed E-state index contributed by atoms with van der Waals surface area (Å²) in [4.78, 5) is 23.3. The number of carbonyl (C=O) groups excluding carboxylic acids is 2. The van der Waals surface area contributed by atoms with Crippen LogP contribution in [0, 0.1) is 5.82 Å². The van der Waals surface area contributed by atoms with Crippen LogP contribution in [-0.4, -0.2) is 18.4 Å². The fourth-order valence-electron chi connectivity index (χ4n) is 2.02. The molecule has 0 spiro atoms. The van der Waals surface area contributed by atoms with Gasteiger partial charge in [0, 0.05) is 17.5 Å². The molecular weight excluding hydrogens is 394 g/mol. The van der Waals surface area contributed by atoms with Crippen molar-refractivity contribution in [3.63, 3.8) is 0 Å². The zero-order valence-electron chi connectivity index (χ0n) is 14.2. The molecule has 0 bridgehead atoms. The molecule has 0 fully saturated rings. The number of halogens is 3. The van der Waals surface area contributed by atoms with E-state index in [1.807, 2.05) is 0 Å². The normalized spacial score (nSPS) is 10.6. The van der Waals surface area contributed by atoms with E-state index < -0.39 is 11.7 Å². The summed E-state index contributed by atoms with van der Waals surface area (Å²) >= 11 is 11.8. The lowest BCUT2D eigenvalue weighted by Crippen LogP contribution is -2.40. The van der Waals surface area contributed by atoms with Crippen LogP contribution in [0.2, 0.25) is 10.0 Å². The molecule has 0 aromatic heterocycles. The number of amides is 2. The van der Waals surface area contributed by atoms with Crippen LogP contribution < -0.4 is 15.6 Å². The molecule has 27 heavy (non-hydrogen) atoms. The molecule has 0 aliphatic rings. The van der Waals surface area contributed by atoms with Gasteiger partial charge in [-0.3, -0.25) is 20.4 Å². The van der Waals surface area contributed by atoms with Crippen molar-refractivity contribution in [2.45, 2.75) is 12.8 Å². The predicted molar refractivity (Wildman–Crippen MR) is 103 cm³/mol. The van der Waals surface area contributed by atoms with Crippen molar-refractivity contribution in [3.05, 3.63) is 70.0 Å². The Kier molecular flexibility index (Phi) is 8.10. The molecule has 2 aromatic carbocycles. The number of hydrogen-bond acceptors (Lipinski definition) is 3. The van der Waals surface area contributed by atoms with Crippen LogP contribution in [0.1, 0.15) is 18.4 Å². The number of ether oxygens (including phenoxy) is 1. The molecule has 2 amide bonds. The van der Waals surface area contributed by atoms with Crippen molar-refractivity contribution < 1.29 is 18.7 Å². The van der Waals surface area contributed by atoms with Crippen LogP contribution >= 0.6 is 23.2 Å². The first kappa shape index (κ1) is 20.7. The van der Waals surface area contributed by atoms with Crippen LogP contribution in [0.25, 0.3) is 6.08 Å². The van der Waals surface area contributed by atoms with E-state index in [-0.39, 0.29) is 18.9 Å². The van der Waals surface area contributed by atoms with E-state index in [4.69, 9.17) is 27.9 Å². The number of nitrogens with one attached hydrogen (secondary N) is 2. The zero-order chi connectivity index (χ0) is 19.6. The van der Waals surface area contributed by atoms with E-state index in [1.165, 1.54) is 30.4 Å². The first-order chi connectivity index (χ1) is 12.9. The molecule has 0 unspecified atom stereocenters. The molecule has 0 saturated carbocycles. The van der Waals surface area contributed by atoms with E-state index in [1.54, 1.807) is 24.3 Å². The largest absolute Gasteiger partial charge is 0.492 e. The molecule has 2 aromatic rings. The summed E-state index contributed by atoms with van der Waals surface area (Å²) in [6.07, 6.45) is 3.22. The lowest BCUT2D eigenvalue weighted by molar-refractivity contribution is -0.126. The molecule has 8 heteroatoms. The fourth-order valence-corrected chi connectivity index (χ4v) is 2.49. The minimum atomic E-state index is -0.531. The SMILES string of the molecule is O=C(/C=C/c1cccc(F)c1)NNC(=O)CCCOc1ccc(Cl)cc1Cl. The molecule has 0 aliphatic carbocycles. The van der Waals surface area contributed by atoms with Crippen molar-refractivity contribution in [1.29, 1.82) is 0 Å². The summed E-state index contributed by atoms with van der Waals surface area (Å²) in [7, 11) is 0. The van der Waals surface area contributed by atoms with E-state index in [9.17, 15) is 14.0 Å². The van der Waals surface area contributed by atoms with E-state index in [0.717, 1.165) is 0 Å². The highest BCUT2D eigenvalue weighted by Crippen LogP contribution is 2.27. The fraction of sp³-hybridized carbons (Fsp3) is 0.158. The van der Waals surface area contributed by atoms with Gasteiger partial charge in [-0.1, -0.05) is 35.3 Å². The van der Waals surface area contributed by atoms with Gasteiger partial charge in [-0.15, -0.1) is 0 Å². The first-order valence-electron chi connectivity index (χ1n) is 8.04. The van der Waals surface area contributed by atoms with E-state index in [2.05, 4.69) is 10.9 Å². The number of rotatable bonds is 7. The molecule has 0 radical (unpaired) electrons. The van der Waals surface area contributed by atoms with Gasteiger partial charge in [-0.05, 0) is 48.4 Å². The van der Waals surface area contributed by atoms with E-state index >= 15 is 0 Å². The summed E-state index contributed by atoms with van der Waals surface area (Å²) < 4.78 is 18.5. The molecular formula is C19H17Cl2FN2O3. The maximum atomic E-state index is 13.0. The third-order valence-electron chi connectivity index (χ3n) is 3.30. The summed E-state index contributed by atoms with van der Waals surface area (Å²) in [6.45, 7) is 0.280. The van der Waals surface area contributed by atoms with Crippen LogP contribution in [-0.2, 0) is 9.59 Å². The van der Waals surface area contributed by atoms with Crippen molar-refractivity contribution in [2.75, 3.05) is 6.61 Å². The second-order valence-electron chi connectivity index (χ2n) is 5.45. The summed E-state index contributed by atoms with van der Waals surface area (Å²) in [6, 6.07) is 10.7. The Balaban J connectivity index is 1.64. The summed E-state index contributed by atoms with van der Waals surface area (Å²) in [5.41, 5.74) is 5.07. The van der Waals surface area contributed by atoms with Crippen LogP contribution in [0.4, 0.5) is 4.39 Å². The molecule has 2 rings (SSSR count). The Morgan fingerprint density at radius 2 is 1.93 bits per heavy atom. The first-order valence-corrected chi connectivity index (χ1v) is 8.80. The molecule has 0 atom stereocenters. The number of benzene rings is 2. The molecule has 2 N–H and O–H groups in total. The van der Waals surface area contributed by atoms with Crippen LogP contribution in [0.5, 0.6) is 5.75 Å². The molecule has 0 saturated heterocycles. The van der Waals surface area contributed by atoms with Gasteiger partial charge in [0.15, 0.2) is 0 Å². The predicted octanol–water partition coefficient (Wildman–Crippen LogP) is 4.15. The maximum Gasteiger partial charge on any atom is 0.262 e. The summed E-state index contributed by atoms with van der Waals surface area (Å²) in [5, 5.41) is 0.901. The van der Waals surface area contributed by atoms with Crippen molar-refractivity contribution in [1.82, 2.24) is 10.9 Å². The Labute approximate surface area is 166 Å². The Morgan fingerprint density at radius 3 is 2.67 bits per heavy atom. The highest BCUT2D eigenvalue weighted by atomic mass is 35.5. The average molecular weight is 411 g/mol. The monoisotopic (exact) mass is 410 g/mol. The lowest BCUT2D eigenvalue weighted by atomic mass is 10.2. The van der Waals surface area contributed by atoms with Crippen molar-refractivity contribution >= 4 is 41.1 Å². The number of hydrogen-bond donors (Lipinski definition) is 2. The third kappa shape index (κ3) is 7.68. The van der Waals surface area contributed by atoms with Crippen molar-refractivity contribution in [3.8, 4) is 5.75 Å². The van der Waals surface area contributed by atoms with Gasteiger partial charge in [-0.25, -0.2) is 4.39 Å². The Morgan fingerprint density at radius 1 is 1.11 bits per heavy atom. The van der Waals surface area contributed by atoms with Crippen molar-refractivity contribution in [2.24, 2.45) is 0 Å². The highest BCUT2D eigenvalue weighted by Gasteiger charge is 2.05. The van der Waals surface area contributed by atoms with Gasteiger partial charge in [0.05, 0.1) is 11.6 Å². The average Bonchev–Trinajstić information content (AvgIpc) is 2.63. The number of carbonyl (C=O) groups is 2. The van der Waals surface area contributed by atoms with E-state index in [0.29, 0.717) is 27.8 Å². The maximum absolute atomic E-state index is 13.0.